The smallest absolute Gasteiger partial charge is 0.179 e. The maximum Gasteiger partial charge on any atom is 0.179 e. The summed E-state index contributed by atoms with van der Waals surface area (Å²) in [6, 6.07) is 1.88. The summed E-state index contributed by atoms with van der Waals surface area (Å²) in [7, 11) is 0. The molecule has 0 fully saturated rings. The van der Waals surface area contributed by atoms with Crippen LogP contribution in [-0.4, -0.2) is 19.7 Å². The molecule has 0 aliphatic rings. The summed E-state index contributed by atoms with van der Waals surface area (Å²) in [6.07, 6.45) is 1.73. The van der Waals surface area contributed by atoms with Crippen LogP contribution in [0.25, 0.3) is 11.5 Å². The first-order valence-corrected chi connectivity index (χ1v) is 6.02. The Morgan fingerprint density at radius 3 is 2.81 bits per heavy atom. The van der Waals surface area contributed by atoms with Crippen molar-refractivity contribution >= 4 is 27.5 Å². The Morgan fingerprint density at radius 2 is 2.19 bits per heavy atom. The van der Waals surface area contributed by atoms with Crippen LogP contribution in [0.4, 0.5) is 0 Å². The average molecular weight is 302 g/mol. The number of hydrogen-bond donors (Lipinski definition) is 0. The number of aryl methyl sites for hydroxylation is 2. The first-order valence-electron chi connectivity index (χ1n) is 4.85. The van der Waals surface area contributed by atoms with Crippen molar-refractivity contribution in [3.8, 4) is 11.5 Å². The molecule has 6 heteroatoms. The molecular formula is C10H10BrClN4. The van der Waals surface area contributed by atoms with Gasteiger partial charge in [-0.2, -0.15) is 5.10 Å². The molecule has 16 heavy (non-hydrogen) atoms. The molecule has 0 aliphatic heterocycles. The third kappa shape index (κ3) is 1.97. The summed E-state index contributed by atoms with van der Waals surface area (Å²) in [5.74, 6) is 0.602. The van der Waals surface area contributed by atoms with Gasteiger partial charge < -0.3 is 0 Å². The van der Waals surface area contributed by atoms with E-state index >= 15 is 0 Å². The normalized spacial score (nSPS) is 10.8. The van der Waals surface area contributed by atoms with Crippen LogP contribution >= 0.6 is 27.5 Å². The topological polar surface area (TPSA) is 43.6 Å². The van der Waals surface area contributed by atoms with Gasteiger partial charge in [-0.3, -0.25) is 4.68 Å². The van der Waals surface area contributed by atoms with Gasteiger partial charge in [0.1, 0.15) is 10.8 Å². The van der Waals surface area contributed by atoms with Gasteiger partial charge in [-0.15, -0.1) is 0 Å². The zero-order chi connectivity index (χ0) is 11.7. The lowest BCUT2D eigenvalue weighted by atomic mass is 10.3. The van der Waals surface area contributed by atoms with Gasteiger partial charge in [0.2, 0.25) is 0 Å². The van der Waals surface area contributed by atoms with Gasteiger partial charge in [-0.05, 0) is 35.8 Å². The molecule has 0 aromatic carbocycles. The molecule has 2 aromatic rings. The Balaban J connectivity index is 2.57. The van der Waals surface area contributed by atoms with Gasteiger partial charge in [0.25, 0.3) is 0 Å². The van der Waals surface area contributed by atoms with Gasteiger partial charge in [-0.1, -0.05) is 11.6 Å². The van der Waals surface area contributed by atoms with Crippen LogP contribution < -0.4 is 0 Å². The van der Waals surface area contributed by atoms with Crippen LogP contribution in [-0.2, 0) is 6.54 Å². The minimum absolute atomic E-state index is 0.423. The Morgan fingerprint density at radius 1 is 1.44 bits per heavy atom. The van der Waals surface area contributed by atoms with Crippen molar-refractivity contribution in [3.63, 3.8) is 0 Å². The standard InChI is InChI=1S/C10H10BrClN4/c1-3-16-7(4-5-13-16)10-14-6(2)8(11)9(12)15-10/h4-5H,3H2,1-2H3. The Labute approximate surface area is 107 Å². The molecule has 4 nitrogen and oxygen atoms in total. The van der Waals surface area contributed by atoms with E-state index in [0.717, 1.165) is 22.4 Å². The van der Waals surface area contributed by atoms with E-state index < -0.39 is 0 Å². The van der Waals surface area contributed by atoms with Crippen molar-refractivity contribution in [1.29, 1.82) is 0 Å². The SMILES string of the molecule is CCn1nccc1-c1nc(C)c(Br)c(Cl)n1. The van der Waals surface area contributed by atoms with E-state index in [1.807, 2.05) is 24.6 Å². The predicted octanol–water partition coefficient (Wildman–Crippen LogP) is 3.08. The molecule has 0 atom stereocenters. The highest BCUT2D eigenvalue weighted by molar-refractivity contribution is 9.10. The summed E-state index contributed by atoms with van der Waals surface area (Å²) >= 11 is 9.34. The molecule has 0 saturated carbocycles. The number of halogens is 2. The highest BCUT2D eigenvalue weighted by Gasteiger charge is 2.12. The van der Waals surface area contributed by atoms with Gasteiger partial charge in [0, 0.05) is 12.7 Å². The van der Waals surface area contributed by atoms with E-state index in [4.69, 9.17) is 11.6 Å². The minimum Gasteiger partial charge on any atom is -0.262 e. The van der Waals surface area contributed by atoms with E-state index in [-0.39, 0.29) is 0 Å². The minimum atomic E-state index is 0.423. The second-order valence-electron chi connectivity index (χ2n) is 3.27. The third-order valence-corrected chi connectivity index (χ3v) is 3.67. The fourth-order valence-corrected chi connectivity index (χ4v) is 1.81. The number of rotatable bonds is 2. The van der Waals surface area contributed by atoms with Crippen LogP contribution in [0.5, 0.6) is 0 Å². The van der Waals surface area contributed by atoms with Crippen molar-refractivity contribution in [2.75, 3.05) is 0 Å². The molecule has 2 heterocycles. The van der Waals surface area contributed by atoms with Gasteiger partial charge in [-0.25, -0.2) is 9.97 Å². The quantitative estimate of drug-likeness (QED) is 0.801. The molecule has 0 radical (unpaired) electrons. The van der Waals surface area contributed by atoms with Crippen molar-refractivity contribution in [3.05, 3.63) is 27.6 Å². The molecule has 0 unspecified atom stereocenters. The van der Waals surface area contributed by atoms with Crippen molar-refractivity contribution in [2.24, 2.45) is 0 Å². The molecule has 84 valence electrons. The molecule has 0 saturated heterocycles. The van der Waals surface area contributed by atoms with E-state index in [9.17, 15) is 0 Å². The van der Waals surface area contributed by atoms with Crippen molar-refractivity contribution in [2.45, 2.75) is 20.4 Å². The highest BCUT2D eigenvalue weighted by Crippen LogP contribution is 2.26. The van der Waals surface area contributed by atoms with Gasteiger partial charge in [0.05, 0.1) is 10.2 Å². The van der Waals surface area contributed by atoms with E-state index in [2.05, 4.69) is 31.0 Å². The Kier molecular flexibility index (Phi) is 3.25. The van der Waals surface area contributed by atoms with Crippen LogP contribution in [0.3, 0.4) is 0 Å². The van der Waals surface area contributed by atoms with Gasteiger partial charge in [0.15, 0.2) is 5.82 Å². The third-order valence-electron chi connectivity index (χ3n) is 2.22. The summed E-state index contributed by atoms with van der Waals surface area (Å²) in [6.45, 7) is 4.68. The predicted molar refractivity (Wildman–Crippen MR) is 66.4 cm³/mol. The molecule has 2 aromatic heterocycles. The summed E-state index contributed by atoms with van der Waals surface area (Å²) in [4.78, 5) is 8.61. The maximum absolute atomic E-state index is 6.00. The zero-order valence-electron chi connectivity index (χ0n) is 8.91. The van der Waals surface area contributed by atoms with E-state index in [1.54, 1.807) is 6.20 Å². The molecule has 0 bridgehead atoms. The lowest BCUT2D eigenvalue weighted by Gasteiger charge is -2.06. The number of nitrogens with zero attached hydrogens (tertiary/aromatic N) is 4. The first kappa shape index (κ1) is 11.5. The zero-order valence-corrected chi connectivity index (χ0v) is 11.2. The molecular weight excluding hydrogens is 291 g/mol. The van der Waals surface area contributed by atoms with E-state index in [0.29, 0.717) is 11.0 Å². The molecule has 0 spiro atoms. The van der Waals surface area contributed by atoms with Crippen LogP contribution in [0.1, 0.15) is 12.6 Å². The summed E-state index contributed by atoms with van der Waals surface area (Å²) in [5, 5.41) is 4.60. The van der Waals surface area contributed by atoms with Crippen LogP contribution in [0.2, 0.25) is 5.15 Å². The summed E-state index contributed by atoms with van der Waals surface area (Å²) in [5.41, 5.74) is 1.69. The molecule has 0 aliphatic carbocycles. The molecule has 0 N–H and O–H groups in total. The van der Waals surface area contributed by atoms with Crippen LogP contribution in [0, 0.1) is 6.92 Å². The average Bonchev–Trinajstić information content (AvgIpc) is 2.73. The summed E-state index contributed by atoms with van der Waals surface area (Å²) < 4.78 is 2.57. The largest absolute Gasteiger partial charge is 0.262 e. The number of aromatic nitrogens is 4. The second kappa shape index (κ2) is 4.51. The van der Waals surface area contributed by atoms with Crippen LogP contribution in [0.15, 0.2) is 16.7 Å². The monoisotopic (exact) mass is 300 g/mol. The second-order valence-corrected chi connectivity index (χ2v) is 4.42. The van der Waals surface area contributed by atoms with Crippen molar-refractivity contribution in [1.82, 2.24) is 19.7 Å². The van der Waals surface area contributed by atoms with Crippen molar-refractivity contribution < 1.29 is 0 Å². The lowest BCUT2D eigenvalue weighted by Crippen LogP contribution is -2.02. The fourth-order valence-electron chi connectivity index (χ4n) is 1.41. The molecule has 0 amide bonds. The molecule has 2 rings (SSSR count). The maximum atomic E-state index is 6.00. The lowest BCUT2D eigenvalue weighted by molar-refractivity contribution is 0.663. The number of hydrogen-bond acceptors (Lipinski definition) is 3. The Bertz CT molecular complexity index is 500. The Hall–Kier alpha value is -0.940. The van der Waals surface area contributed by atoms with Gasteiger partial charge >= 0.3 is 0 Å². The van der Waals surface area contributed by atoms with E-state index in [1.165, 1.54) is 0 Å². The first-order chi connectivity index (χ1) is 7.63. The highest BCUT2D eigenvalue weighted by atomic mass is 79.9. The fraction of sp³-hybridized carbons (Fsp3) is 0.300.